The number of phosphoric acid groups is 1. The van der Waals surface area contributed by atoms with Crippen molar-refractivity contribution in [2.24, 2.45) is 0 Å². The summed E-state index contributed by atoms with van der Waals surface area (Å²) in [6, 6.07) is 6.34. The highest BCUT2D eigenvalue weighted by atomic mass is 35.5. The number of ether oxygens (including phenoxy) is 1. The predicted molar refractivity (Wildman–Crippen MR) is 54.7 cm³/mol. The second kappa shape index (κ2) is 4.96. The molecule has 1 atom stereocenters. The molecule has 0 saturated carbocycles. The van der Waals surface area contributed by atoms with Gasteiger partial charge in [-0.1, -0.05) is 11.6 Å². The highest BCUT2D eigenvalue weighted by Gasteiger charge is 2.19. The molecule has 5 nitrogen and oxygen atoms in total. The Kier molecular flexibility index (Phi) is 4.13. The highest BCUT2D eigenvalue weighted by molar-refractivity contribution is 7.46. The smallest absolute Gasteiger partial charge is 0.465 e. The molecule has 1 unspecified atom stereocenters. The van der Waals surface area contributed by atoms with Crippen molar-refractivity contribution in [3.8, 4) is 5.75 Å². The minimum atomic E-state index is -4.52. The Labute approximate surface area is 91.8 Å². The molecule has 0 aliphatic rings. The largest absolute Gasteiger partial charge is 0.472 e. The minimum Gasteiger partial charge on any atom is -0.465 e. The van der Waals surface area contributed by atoms with Crippen LogP contribution in [-0.4, -0.2) is 16.1 Å². The summed E-state index contributed by atoms with van der Waals surface area (Å²) < 4.78 is 19.8. The van der Waals surface area contributed by atoms with Gasteiger partial charge in [-0.2, -0.15) is 0 Å². The summed E-state index contributed by atoms with van der Waals surface area (Å²) in [7, 11) is -4.52. The second-order valence-electron chi connectivity index (χ2n) is 2.74. The van der Waals surface area contributed by atoms with Crippen LogP contribution in [0.25, 0.3) is 0 Å². The van der Waals surface area contributed by atoms with Crippen molar-refractivity contribution in [2.45, 2.75) is 13.2 Å². The molecule has 0 bridgehead atoms. The summed E-state index contributed by atoms with van der Waals surface area (Å²) >= 11 is 5.64. The fourth-order valence-electron chi connectivity index (χ4n) is 0.920. The zero-order valence-electron chi connectivity index (χ0n) is 7.83. The van der Waals surface area contributed by atoms with Gasteiger partial charge in [0, 0.05) is 5.02 Å². The van der Waals surface area contributed by atoms with Crippen LogP contribution < -0.4 is 4.74 Å². The van der Waals surface area contributed by atoms with Gasteiger partial charge >= 0.3 is 7.82 Å². The van der Waals surface area contributed by atoms with Crippen LogP contribution in [0.2, 0.25) is 5.02 Å². The normalized spacial score (nSPS) is 13.6. The Balaban J connectivity index is 2.55. The van der Waals surface area contributed by atoms with Crippen LogP contribution in [0.4, 0.5) is 0 Å². The SMILES string of the molecule is CC(Oc1ccc(Cl)cc1)OP(=O)(O)O. The minimum absolute atomic E-state index is 0.417. The molecule has 0 aliphatic heterocycles. The third-order valence-corrected chi connectivity index (χ3v) is 2.22. The van der Waals surface area contributed by atoms with E-state index in [0.29, 0.717) is 10.8 Å². The molecule has 84 valence electrons. The number of hydrogen-bond acceptors (Lipinski definition) is 3. The Hall–Kier alpha value is -0.580. The zero-order chi connectivity index (χ0) is 11.5. The van der Waals surface area contributed by atoms with Crippen molar-refractivity contribution < 1.29 is 23.6 Å². The average molecular weight is 253 g/mol. The maximum absolute atomic E-state index is 10.5. The lowest BCUT2D eigenvalue weighted by Gasteiger charge is -2.15. The molecular formula is C8H10ClO5P. The van der Waals surface area contributed by atoms with Crippen LogP contribution >= 0.6 is 19.4 Å². The molecule has 0 spiro atoms. The molecular weight excluding hydrogens is 243 g/mol. The van der Waals surface area contributed by atoms with Gasteiger partial charge in [0.25, 0.3) is 0 Å². The Morgan fingerprint density at radius 3 is 2.33 bits per heavy atom. The van der Waals surface area contributed by atoms with E-state index in [-0.39, 0.29) is 0 Å². The van der Waals surface area contributed by atoms with Crippen LogP contribution in [-0.2, 0) is 9.09 Å². The predicted octanol–water partition coefficient (Wildman–Crippen LogP) is 2.17. The molecule has 1 rings (SSSR count). The van der Waals surface area contributed by atoms with Crippen molar-refractivity contribution >= 4 is 19.4 Å². The lowest BCUT2D eigenvalue weighted by Crippen LogP contribution is -2.14. The number of benzene rings is 1. The fourth-order valence-corrected chi connectivity index (χ4v) is 1.48. The van der Waals surface area contributed by atoms with Gasteiger partial charge in [0.2, 0.25) is 6.29 Å². The number of phosphoric ester groups is 1. The van der Waals surface area contributed by atoms with E-state index in [1.165, 1.54) is 6.92 Å². The molecule has 2 N–H and O–H groups in total. The van der Waals surface area contributed by atoms with Gasteiger partial charge < -0.3 is 14.5 Å². The van der Waals surface area contributed by atoms with E-state index in [0.717, 1.165) is 0 Å². The highest BCUT2D eigenvalue weighted by Crippen LogP contribution is 2.37. The summed E-state index contributed by atoms with van der Waals surface area (Å²) in [4.78, 5) is 17.0. The standard InChI is InChI=1S/C8H10ClO5P/c1-6(14-15(10,11)12)13-8-4-2-7(9)3-5-8/h2-6H,1H3,(H2,10,11,12). The summed E-state index contributed by atoms with van der Waals surface area (Å²) in [6.45, 7) is 1.38. The Morgan fingerprint density at radius 2 is 1.87 bits per heavy atom. The molecule has 0 fully saturated rings. The summed E-state index contributed by atoms with van der Waals surface area (Å²) in [6.07, 6.45) is -1.04. The topological polar surface area (TPSA) is 76.0 Å². The van der Waals surface area contributed by atoms with Crippen LogP contribution in [0, 0.1) is 0 Å². The lowest BCUT2D eigenvalue weighted by atomic mass is 10.3. The molecule has 0 heterocycles. The van der Waals surface area contributed by atoms with E-state index in [1.807, 2.05) is 0 Å². The van der Waals surface area contributed by atoms with Crippen LogP contribution in [0.1, 0.15) is 6.92 Å². The van der Waals surface area contributed by atoms with Gasteiger partial charge in [0.1, 0.15) is 5.75 Å². The third-order valence-electron chi connectivity index (χ3n) is 1.40. The van der Waals surface area contributed by atoms with Crippen LogP contribution in [0.3, 0.4) is 0 Å². The first-order valence-corrected chi connectivity index (χ1v) is 5.94. The first-order valence-electron chi connectivity index (χ1n) is 4.03. The maximum atomic E-state index is 10.5. The first kappa shape index (κ1) is 12.5. The van der Waals surface area contributed by atoms with Crippen molar-refractivity contribution in [1.29, 1.82) is 0 Å². The number of halogens is 1. The fraction of sp³-hybridized carbons (Fsp3) is 0.250. The van der Waals surface area contributed by atoms with Gasteiger partial charge in [-0.05, 0) is 31.2 Å². The van der Waals surface area contributed by atoms with Gasteiger partial charge in [-0.15, -0.1) is 0 Å². The molecule has 15 heavy (non-hydrogen) atoms. The molecule has 0 radical (unpaired) electrons. The average Bonchev–Trinajstić information content (AvgIpc) is 2.05. The lowest BCUT2D eigenvalue weighted by molar-refractivity contribution is -0.000828. The number of rotatable bonds is 4. The molecule has 1 aromatic carbocycles. The first-order chi connectivity index (χ1) is 6.87. The van der Waals surface area contributed by atoms with Gasteiger partial charge in [0.15, 0.2) is 0 Å². The summed E-state index contributed by atoms with van der Waals surface area (Å²) in [5.41, 5.74) is 0. The third kappa shape index (κ3) is 5.16. The van der Waals surface area contributed by atoms with Crippen LogP contribution in [0.5, 0.6) is 5.75 Å². The van der Waals surface area contributed by atoms with E-state index in [2.05, 4.69) is 4.52 Å². The summed E-state index contributed by atoms with van der Waals surface area (Å²) in [5.74, 6) is 0.417. The monoisotopic (exact) mass is 252 g/mol. The second-order valence-corrected chi connectivity index (χ2v) is 4.36. The molecule has 7 heteroatoms. The molecule has 0 aromatic heterocycles. The number of hydrogen-bond donors (Lipinski definition) is 2. The maximum Gasteiger partial charge on any atom is 0.472 e. The van der Waals surface area contributed by atoms with Crippen molar-refractivity contribution in [1.82, 2.24) is 0 Å². The molecule has 0 amide bonds. The Morgan fingerprint density at radius 1 is 1.33 bits per heavy atom. The van der Waals surface area contributed by atoms with Crippen LogP contribution in [0.15, 0.2) is 24.3 Å². The van der Waals surface area contributed by atoms with Crippen molar-refractivity contribution in [2.75, 3.05) is 0 Å². The van der Waals surface area contributed by atoms with E-state index in [9.17, 15) is 4.57 Å². The van der Waals surface area contributed by atoms with E-state index < -0.39 is 14.1 Å². The molecule has 0 saturated heterocycles. The van der Waals surface area contributed by atoms with Gasteiger partial charge in [-0.25, -0.2) is 9.09 Å². The van der Waals surface area contributed by atoms with E-state index in [1.54, 1.807) is 24.3 Å². The van der Waals surface area contributed by atoms with E-state index >= 15 is 0 Å². The molecule has 0 aliphatic carbocycles. The summed E-state index contributed by atoms with van der Waals surface area (Å²) in [5, 5.41) is 0.547. The van der Waals surface area contributed by atoms with Crippen molar-refractivity contribution in [3.63, 3.8) is 0 Å². The van der Waals surface area contributed by atoms with Crippen molar-refractivity contribution in [3.05, 3.63) is 29.3 Å². The van der Waals surface area contributed by atoms with Gasteiger partial charge in [0.05, 0.1) is 0 Å². The zero-order valence-corrected chi connectivity index (χ0v) is 9.48. The van der Waals surface area contributed by atoms with E-state index in [4.69, 9.17) is 26.1 Å². The Bertz CT molecular complexity index is 360. The molecule has 1 aromatic rings. The van der Waals surface area contributed by atoms with Gasteiger partial charge in [-0.3, -0.25) is 0 Å². The quantitative estimate of drug-likeness (QED) is 0.634.